The molecule has 2 aliphatic rings. The standard InChI is InChI=1S/C51H34N4S2/c1-3-13-31(14-4-1)49-52-50(32-15-5-2-6-16-32)54-51(53-49)34-26-28-40-46(30-34)56-44-24-12-19-35(47(40)44)33-25-27-38-39-20-11-23-43(48(39)57-45(38)29-33)55-41-21-9-7-17-36(41)37-18-8-10-22-42(37)55/h1-25,27-30,34,49H,26H2,(H,52,53,54). The number of hydrogen-bond donors (Lipinski definition) is 1. The van der Waals surface area contributed by atoms with Crippen LogP contribution in [0.2, 0.25) is 0 Å². The van der Waals surface area contributed by atoms with E-state index in [1.54, 1.807) is 0 Å². The molecular formula is C51H34N4S2. The van der Waals surface area contributed by atoms with Gasteiger partial charge < -0.3 is 9.88 Å². The molecule has 0 spiro atoms. The van der Waals surface area contributed by atoms with Crippen LogP contribution in [0.5, 0.6) is 0 Å². The maximum atomic E-state index is 5.21. The molecule has 4 nitrogen and oxygen atoms in total. The van der Waals surface area contributed by atoms with Crippen molar-refractivity contribution in [2.24, 2.45) is 15.9 Å². The first-order valence-corrected chi connectivity index (χ1v) is 21.1. The van der Waals surface area contributed by atoms with E-state index in [4.69, 9.17) is 9.98 Å². The number of fused-ring (bicyclic) bond motifs is 9. The minimum Gasteiger partial charge on any atom is -0.344 e. The second-order valence-corrected chi connectivity index (χ2v) is 17.0. The van der Waals surface area contributed by atoms with Crippen LogP contribution in [-0.2, 0) is 0 Å². The Bertz CT molecular complexity index is 3370. The van der Waals surface area contributed by atoms with Gasteiger partial charge in [0.05, 0.1) is 21.4 Å². The van der Waals surface area contributed by atoms with E-state index in [0.29, 0.717) is 0 Å². The molecule has 1 aliphatic carbocycles. The predicted molar refractivity (Wildman–Crippen MR) is 244 cm³/mol. The Morgan fingerprint density at radius 2 is 1.32 bits per heavy atom. The Hall–Kier alpha value is -6.60. The smallest absolute Gasteiger partial charge is 0.147 e. The number of thiophene rings is 2. The van der Waals surface area contributed by atoms with Crippen LogP contribution in [0.3, 0.4) is 0 Å². The van der Waals surface area contributed by atoms with Crippen molar-refractivity contribution in [2.45, 2.75) is 12.6 Å². The summed E-state index contributed by atoms with van der Waals surface area (Å²) in [6.07, 6.45) is 5.49. The van der Waals surface area contributed by atoms with Crippen LogP contribution in [0.4, 0.5) is 0 Å². The molecule has 7 aromatic carbocycles. The summed E-state index contributed by atoms with van der Waals surface area (Å²) in [7, 11) is 0. The molecule has 12 rings (SSSR count). The van der Waals surface area contributed by atoms with E-state index >= 15 is 0 Å². The summed E-state index contributed by atoms with van der Waals surface area (Å²) < 4.78 is 7.66. The lowest BCUT2D eigenvalue weighted by Crippen LogP contribution is -2.36. The van der Waals surface area contributed by atoms with E-state index in [1.165, 1.54) is 78.6 Å². The number of para-hydroxylation sites is 2. The molecule has 2 unspecified atom stereocenters. The highest BCUT2D eigenvalue weighted by atomic mass is 32.1. The molecule has 3 aromatic heterocycles. The molecule has 0 radical (unpaired) electrons. The molecule has 10 aromatic rings. The molecule has 1 N–H and O–H groups in total. The maximum absolute atomic E-state index is 5.21. The van der Waals surface area contributed by atoms with Gasteiger partial charge in [-0.1, -0.05) is 146 Å². The first-order chi connectivity index (χ1) is 28.2. The van der Waals surface area contributed by atoms with Crippen LogP contribution in [0.25, 0.3) is 81.0 Å². The van der Waals surface area contributed by atoms with Gasteiger partial charge in [-0.2, -0.15) is 0 Å². The van der Waals surface area contributed by atoms with Crippen molar-refractivity contribution in [2.75, 3.05) is 0 Å². The molecule has 4 heterocycles. The third kappa shape index (κ3) is 5.25. The van der Waals surface area contributed by atoms with Crippen molar-refractivity contribution in [3.8, 4) is 16.8 Å². The van der Waals surface area contributed by atoms with E-state index in [1.807, 2.05) is 28.7 Å². The van der Waals surface area contributed by atoms with Crippen LogP contribution >= 0.6 is 22.7 Å². The first kappa shape index (κ1) is 32.6. The third-order valence-corrected chi connectivity index (χ3v) is 13.9. The van der Waals surface area contributed by atoms with Crippen LogP contribution < -0.4 is 15.1 Å². The monoisotopic (exact) mass is 766 g/mol. The third-order valence-electron chi connectivity index (χ3n) is 11.6. The van der Waals surface area contributed by atoms with Gasteiger partial charge in [0.1, 0.15) is 17.8 Å². The van der Waals surface area contributed by atoms with Gasteiger partial charge >= 0.3 is 0 Å². The second-order valence-electron chi connectivity index (χ2n) is 14.9. The lowest BCUT2D eigenvalue weighted by molar-refractivity contribution is 0.663. The van der Waals surface area contributed by atoms with Crippen molar-refractivity contribution in [1.82, 2.24) is 9.88 Å². The SMILES string of the molecule is C1=c2sc3cccc(-c4ccc5c(c4)sc4c(-n6c7ccccc7c7ccccc76)cccc45)c3c2=CCC1C1=NC(c2ccccc2)NC(c2ccccc2)=N1. The van der Waals surface area contributed by atoms with Crippen LogP contribution in [0.15, 0.2) is 174 Å². The molecule has 2 atom stereocenters. The van der Waals surface area contributed by atoms with Gasteiger partial charge in [0.2, 0.25) is 0 Å². The Morgan fingerprint density at radius 1 is 0.596 bits per heavy atom. The molecule has 270 valence electrons. The second kappa shape index (κ2) is 13.0. The molecule has 6 heteroatoms. The van der Waals surface area contributed by atoms with E-state index in [9.17, 15) is 0 Å². The number of nitrogens with zero attached hydrogens (tertiary/aromatic N) is 3. The fraction of sp³-hybridized carbons (Fsp3) is 0.0588. The molecule has 1 aliphatic heterocycles. The van der Waals surface area contributed by atoms with Crippen LogP contribution in [-0.4, -0.2) is 16.2 Å². The van der Waals surface area contributed by atoms with Crippen molar-refractivity contribution >= 4 is 98.6 Å². The fourth-order valence-electron chi connectivity index (χ4n) is 8.93. The Balaban J connectivity index is 0.964. The fourth-order valence-corrected chi connectivity index (χ4v) is 11.4. The topological polar surface area (TPSA) is 41.7 Å². The molecule has 0 bridgehead atoms. The molecule has 0 saturated carbocycles. The summed E-state index contributed by atoms with van der Waals surface area (Å²) in [5.74, 6) is 1.82. The number of amidine groups is 2. The number of aromatic nitrogens is 1. The van der Waals surface area contributed by atoms with E-state index in [-0.39, 0.29) is 12.1 Å². The van der Waals surface area contributed by atoms with Crippen molar-refractivity contribution in [1.29, 1.82) is 0 Å². The summed E-state index contributed by atoms with van der Waals surface area (Å²) in [5, 5.41) is 11.4. The summed E-state index contributed by atoms with van der Waals surface area (Å²) in [6, 6.07) is 59.0. The van der Waals surface area contributed by atoms with Crippen molar-refractivity contribution < 1.29 is 0 Å². The highest BCUT2D eigenvalue weighted by molar-refractivity contribution is 7.26. The van der Waals surface area contributed by atoms with Gasteiger partial charge in [0.25, 0.3) is 0 Å². The van der Waals surface area contributed by atoms with Crippen LogP contribution in [0, 0.1) is 5.92 Å². The van der Waals surface area contributed by atoms with Gasteiger partial charge in [-0.15, -0.1) is 22.7 Å². The first-order valence-electron chi connectivity index (χ1n) is 19.5. The highest BCUT2D eigenvalue weighted by Gasteiger charge is 2.25. The van der Waals surface area contributed by atoms with E-state index in [0.717, 1.165) is 29.2 Å². The highest BCUT2D eigenvalue weighted by Crippen LogP contribution is 2.42. The number of nitrogens with one attached hydrogen (secondary N) is 1. The maximum Gasteiger partial charge on any atom is 0.147 e. The lowest BCUT2D eigenvalue weighted by atomic mass is 9.95. The molecule has 0 fully saturated rings. The van der Waals surface area contributed by atoms with Gasteiger partial charge in [-0.05, 0) is 58.7 Å². The minimum absolute atomic E-state index is 0.0830. The summed E-state index contributed by atoms with van der Waals surface area (Å²) in [5.41, 5.74) is 8.43. The summed E-state index contributed by atoms with van der Waals surface area (Å²) in [4.78, 5) is 10.4. The Morgan fingerprint density at radius 3 is 2.12 bits per heavy atom. The molecule has 57 heavy (non-hydrogen) atoms. The average molecular weight is 767 g/mol. The van der Waals surface area contributed by atoms with Crippen LogP contribution in [0.1, 0.15) is 23.7 Å². The quantitative estimate of drug-likeness (QED) is 0.186. The number of hydrogen-bond acceptors (Lipinski definition) is 5. The summed E-state index contributed by atoms with van der Waals surface area (Å²) >= 11 is 3.77. The summed E-state index contributed by atoms with van der Waals surface area (Å²) in [6.45, 7) is 0. The molecule has 0 saturated heterocycles. The van der Waals surface area contributed by atoms with E-state index in [2.05, 4.69) is 180 Å². The average Bonchev–Trinajstić information content (AvgIpc) is 3.96. The lowest BCUT2D eigenvalue weighted by Gasteiger charge is -2.26. The van der Waals surface area contributed by atoms with E-state index < -0.39 is 0 Å². The minimum atomic E-state index is -0.195. The van der Waals surface area contributed by atoms with Gasteiger partial charge in [-0.25, -0.2) is 9.98 Å². The van der Waals surface area contributed by atoms with Crippen molar-refractivity contribution in [3.05, 3.63) is 185 Å². The van der Waals surface area contributed by atoms with Crippen molar-refractivity contribution in [3.63, 3.8) is 0 Å². The zero-order chi connectivity index (χ0) is 37.5. The largest absolute Gasteiger partial charge is 0.344 e. The normalized spacial score (nSPS) is 16.6. The number of benzene rings is 7. The molecular weight excluding hydrogens is 733 g/mol. The molecule has 0 amide bonds. The predicted octanol–water partition coefficient (Wildman–Crippen LogP) is 11.8. The van der Waals surface area contributed by atoms with Gasteiger partial charge in [0, 0.05) is 52.3 Å². The zero-order valence-corrected chi connectivity index (χ0v) is 32.4. The number of aliphatic imine (C=N–C) groups is 2. The number of rotatable bonds is 5. The van der Waals surface area contributed by atoms with Gasteiger partial charge in [-0.3, -0.25) is 0 Å². The Kier molecular flexibility index (Phi) is 7.43. The Labute approximate surface area is 336 Å². The zero-order valence-electron chi connectivity index (χ0n) is 30.8. The van der Waals surface area contributed by atoms with Gasteiger partial charge in [0.15, 0.2) is 0 Å².